The molecule has 0 N–H and O–H groups in total. The van der Waals surface area contributed by atoms with E-state index in [2.05, 4.69) is 38.1 Å². The van der Waals surface area contributed by atoms with E-state index in [0.29, 0.717) is 5.41 Å². The maximum Gasteiger partial charge on any atom is 0.0689 e. The number of aryl methyl sites for hydroxylation is 2. The van der Waals surface area contributed by atoms with Crippen molar-refractivity contribution in [1.82, 2.24) is 0 Å². The van der Waals surface area contributed by atoms with Crippen LogP contribution in [0, 0.1) is 30.6 Å². The van der Waals surface area contributed by atoms with Crippen LogP contribution in [0.2, 0.25) is 0 Å². The third-order valence-corrected chi connectivity index (χ3v) is 5.45. The van der Waals surface area contributed by atoms with E-state index < -0.39 is 0 Å². The molecule has 0 saturated heterocycles. The minimum absolute atomic E-state index is 0.0273. The molecule has 0 spiro atoms. The highest BCUT2D eigenvalue weighted by atomic mass is 14.5. The number of fused-ring (bicyclic) bond motifs is 3. The van der Waals surface area contributed by atoms with Crippen molar-refractivity contribution in [3.63, 3.8) is 0 Å². The third kappa shape index (κ3) is 1.59. The number of benzene rings is 1. The summed E-state index contributed by atoms with van der Waals surface area (Å²) in [5.41, 5.74) is 4.78. The first kappa shape index (κ1) is 11.8. The normalized spacial score (nSPS) is 34.3. The van der Waals surface area contributed by atoms with Crippen molar-refractivity contribution in [1.29, 1.82) is 5.26 Å². The largest absolute Gasteiger partial charge is 0.198 e. The predicted molar refractivity (Wildman–Crippen MR) is 73.3 cm³/mol. The fraction of sp³-hybridized carbons (Fsp3) is 0.588. The van der Waals surface area contributed by atoms with Crippen molar-refractivity contribution in [2.75, 3.05) is 0 Å². The van der Waals surface area contributed by atoms with E-state index in [4.69, 9.17) is 0 Å². The Morgan fingerprint density at radius 2 is 1.61 bits per heavy atom. The maximum absolute atomic E-state index is 9.37. The molecule has 0 atom stereocenters. The quantitative estimate of drug-likeness (QED) is 0.711. The van der Waals surface area contributed by atoms with E-state index in [1.807, 2.05) is 0 Å². The lowest BCUT2D eigenvalue weighted by atomic mass is 9.52. The molecular weight excluding hydrogens is 218 g/mol. The molecule has 0 aromatic heterocycles. The third-order valence-electron chi connectivity index (χ3n) is 5.45. The molecular formula is C17H21N. The van der Waals surface area contributed by atoms with Gasteiger partial charge >= 0.3 is 0 Å². The van der Waals surface area contributed by atoms with Gasteiger partial charge in [-0.05, 0) is 68.9 Å². The molecule has 0 amide bonds. The van der Waals surface area contributed by atoms with E-state index in [0.717, 1.165) is 19.3 Å². The van der Waals surface area contributed by atoms with Gasteiger partial charge in [0.25, 0.3) is 0 Å². The van der Waals surface area contributed by atoms with Crippen LogP contribution in [0.25, 0.3) is 0 Å². The Bertz CT molecular complexity index is 496. The number of hydrogen-bond acceptors (Lipinski definition) is 1. The zero-order valence-electron chi connectivity index (χ0n) is 11.4. The molecule has 0 unspecified atom stereocenters. The Morgan fingerprint density at radius 3 is 2.17 bits per heavy atom. The van der Waals surface area contributed by atoms with Gasteiger partial charge in [-0.2, -0.15) is 5.26 Å². The molecule has 4 rings (SSSR count). The summed E-state index contributed by atoms with van der Waals surface area (Å²) in [5.74, 6) is 0. The molecule has 1 heteroatoms. The molecule has 0 heterocycles. The Morgan fingerprint density at radius 1 is 1.00 bits per heavy atom. The zero-order chi connectivity index (χ0) is 12.8. The summed E-state index contributed by atoms with van der Waals surface area (Å²) < 4.78 is 0. The lowest BCUT2D eigenvalue weighted by molar-refractivity contribution is 0.0844. The monoisotopic (exact) mass is 239 g/mol. The summed E-state index contributed by atoms with van der Waals surface area (Å²) in [4.78, 5) is 0. The van der Waals surface area contributed by atoms with Gasteiger partial charge in [-0.1, -0.05) is 23.8 Å². The first-order chi connectivity index (χ1) is 8.59. The lowest BCUT2D eigenvalue weighted by Crippen LogP contribution is -2.43. The molecule has 1 nitrogen and oxygen atoms in total. The van der Waals surface area contributed by atoms with Crippen LogP contribution in [0.5, 0.6) is 0 Å². The lowest BCUT2D eigenvalue weighted by Gasteiger charge is -2.51. The summed E-state index contributed by atoms with van der Waals surface area (Å²) in [6.07, 6.45) is 6.96. The van der Waals surface area contributed by atoms with Gasteiger partial charge in [-0.25, -0.2) is 0 Å². The molecule has 1 aromatic rings. The fourth-order valence-corrected chi connectivity index (χ4v) is 4.06. The molecule has 94 valence electrons. The smallest absolute Gasteiger partial charge is 0.0689 e. The molecule has 18 heavy (non-hydrogen) atoms. The van der Waals surface area contributed by atoms with Gasteiger partial charge in [-0.15, -0.1) is 0 Å². The van der Waals surface area contributed by atoms with Crippen molar-refractivity contribution >= 4 is 0 Å². The Balaban J connectivity index is 1.99. The number of rotatable bonds is 1. The van der Waals surface area contributed by atoms with Crippen LogP contribution in [-0.2, 0) is 5.41 Å². The van der Waals surface area contributed by atoms with Gasteiger partial charge in [0.15, 0.2) is 0 Å². The van der Waals surface area contributed by atoms with Crippen molar-refractivity contribution in [2.45, 2.75) is 57.8 Å². The molecule has 0 aliphatic heterocycles. The second-order valence-electron chi connectivity index (χ2n) is 6.49. The molecule has 3 fully saturated rings. The zero-order valence-corrected chi connectivity index (χ0v) is 11.4. The van der Waals surface area contributed by atoms with Crippen LogP contribution in [0.15, 0.2) is 18.2 Å². The molecule has 1 aromatic carbocycles. The van der Waals surface area contributed by atoms with Crippen LogP contribution in [0.1, 0.15) is 55.2 Å². The minimum atomic E-state index is 0.0273. The van der Waals surface area contributed by atoms with E-state index in [1.54, 1.807) is 5.56 Å². The van der Waals surface area contributed by atoms with Crippen LogP contribution < -0.4 is 0 Å². The summed E-state index contributed by atoms with van der Waals surface area (Å²) in [6, 6.07) is 9.46. The Hall–Kier alpha value is -1.29. The van der Waals surface area contributed by atoms with E-state index in [-0.39, 0.29) is 5.41 Å². The van der Waals surface area contributed by atoms with Gasteiger partial charge in [-0.3, -0.25) is 0 Å². The summed E-state index contributed by atoms with van der Waals surface area (Å²) in [5, 5.41) is 9.37. The van der Waals surface area contributed by atoms with Gasteiger partial charge in [0.1, 0.15) is 0 Å². The van der Waals surface area contributed by atoms with Crippen LogP contribution in [0.4, 0.5) is 0 Å². The van der Waals surface area contributed by atoms with Crippen molar-refractivity contribution in [3.05, 3.63) is 34.9 Å². The Labute approximate surface area is 110 Å². The second-order valence-corrected chi connectivity index (χ2v) is 6.49. The Kier molecular flexibility index (Phi) is 2.52. The van der Waals surface area contributed by atoms with Crippen molar-refractivity contribution in [3.8, 4) is 6.07 Å². The number of hydrogen-bond donors (Lipinski definition) is 0. The van der Waals surface area contributed by atoms with Crippen molar-refractivity contribution < 1.29 is 0 Å². The van der Waals surface area contributed by atoms with Crippen LogP contribution >= 0.6 is 0 Å². The second kappa shape index (κ2) is 3.85. The highest BCUT2D eigenvalue weighted by Gasteiger charge is 2.49. The standard InChI is InChI=1S/C17H21N/c1-13-3-4-14(2)15(11-13)17-8-5-16(12-18,6-9-17)7-10-17/h3-4,11H,5-10H2,1-2H3. The van der Waals surface area contributed by atoms with E-state index in [1.165, 1.54) is 30.4 Å². The predicted octanol–water partition coefficient (Wildman–Crippen LogP) is 4.42. The fourth-order valence-electron chi connectivity index (χ4n) is 4.06. The van der Waals surface area contributed by atoms with Gasteiger partial charge in [0, 0.05) is 0 Å². The SMILES string of the molecule is Cc1ccc(C)c(C23CCC(C#N)(CC2)CC3)c1. The van der Waals surface area contributed by atoms with Crippen LogP contribution in [-0.4, -0.2) is 0 Å². The summed E-state index contributed by atoms with van der Waals surface area (Å²) in [6.45, 7) is 4.43. The van der Waals surface area contributed by atoms with Crippen LogP contribution in [0.3, 0.4) is 0 Å². The topological polar surface area (TPSA) is 23.8 Å². The highest BCUT2D eigenvalue weighted by molar-refractivity contribution is 5.38. The average molecular weight is 239 g/mol. The molecule has 3 aliphatic rings. The maximum atomic E-state index is 9.37. The van der Waals surface area contributed by atoms with E-state index >= 15 is 0 Å². The van der Waals surface area contributed by atoms with Gasteiger partial charge in [0.05, 0.1) is 11.5 Å². The molecule has 2 bridgehead atoms. The van der Waals surface area contributed by atoms with E-state index in [9.17, 15) is 5.26 Å². The van der Waals surface area contributed by atoms with Crippen molar-refractivity contribution in [2.24, 2.45) is 5.41 Å². The van der Waals surface area contributed by atoms with Gasteiger partial charge in [0.2, 0.25) is 0 Å². The van der Waals surface area contributed by atoms with Gasteiger partial charge < -0.3 is 0 Å². The highest BCUT2D eigenvalue weighted by Crippen LogP contribution is 2.57. The number of nitriles is 1. The minimum Gasteiger partial charge on any atom is -0.198 e. The summed E-state index contributed by atoms with van der Waals surface area (Å²) in [7, 11) is 0. The average Bonchev–Trinajstić information content (AvgIpc) is 2.43. The molecule has 0 radical (unpaired) electrons. The molecule has 3 aliphatic carbocycles. The first-order valence-electron chi connectivity index (χ1n) is 7.08. The molecule has 3 saturated carbocycles. The number of nitrogens with zero attached hydrogens (tertiary/aromatic N) is 1. The first-order valence-corrected chi connectivity index (χ1v) is 7.08. The summed E-state index contributed by atoms with van der Waals surface area (Å²) >= 11 is 0.